The molecule has 3 aromatic rings. The summed E-state index contributed by atoms with van der Waals surface area (Å²) < 4.78 is 12.5. The maximum Gasteiger partial charge on any atom is 0.307 e. The molecule has 2 aliphatic heterocycles. The average molecular weight is 500 g/mol. The third-order valence-electron chi connectivity index (χ3n) is 7.90. The highest BCUT2D eigenvalue weighted by Gasteiger charge is 2.48. The van der Waals surface area contributed by atoms with Crippen molar-refractivity contribution in [2.75, 3.05) is 0 Å². The Kier molecular flexibility index (Phi) is 8.09. The highest BCUT2D eigenvalue weighted by atomic mass is 16.6. The van der Waals surface area contributed by atoms with Crippen LogP contribution in [0.2, 0.25) is 0 Å². The van der Waals surface area contributed by atoms with Gasteiger partial charge in [-0.3, -0.25) is 15.1 Å². The van der Waals surface area contributed by atoms with Gasteiger partial charge in [-0.05, 0) is 61.1 Å². The zero-order valence-corrected chi connectivity index (χ0v) is 22.0. The van der Waals surface area contributed by atoms with Crippen molar-refractivity contribution in [1.82, 2.24) is 10.3 Å². The number of unbranched alkanes of at least 4 members (excludes halogenated alkanes) is 5. The van der Waals surface area contributed by atoms with Crippen molar-refractivity contribution in [2.45, 2.75) is 95.4 Å². The van der Waals surface area contributed by atoms with E-state index in [2.05, 4.69) is 66.6 Å². The summed E-state index contributed by atoms with van der Waals surface area (Å²) in [4.78, 5) is 17.2. The van der Waals surface area contributed by atoms with Crippen LogP contribution in [0, 0.1) is 13.8 Å². The minimum atomic E-state index is -0.576. The standard InChI is InChI=1S/C32H39N2O3/c1-3-4-5-6-7-8-11-30(35)37-32-19-18-26(34-32)21-28(22-32)36-27-15-12-24(13-16-27)29-17-14-25-10-9-20-33-31(25)23(29)2/h9-10,12-17,20,26,28,34H,1,3-8,11,18-19,21-22H2,2H3. The van der Waals surface area contributed by atoms with E-state index in [9.17, 15) is 4.79 Å². The Labute approximate surface area is 221 Å². The van der Waals surface area contributed by atoms with Crippen molar-refractivity contribution < 1.29 is 14.3 Å². The molecule has 3 heterocycles. The largest absolute Gasteiger partial charge is 0.490 e. The van der Waals surface area contributed by atoms with Crippen LogP contribution in [0.1, 0.15) is 76.2 Å². The van der Waals surface area contributed by atoms with Gasteiger partial charge in [-0.15, -0.1) is 0 Å². The molecule has 3 unspecified atom stereocenters. The van der Waals surface area contributed by atoms with E-state index in [0.717, 1.165) is 60.7 Å². The number of piperidine rings is 1. The van der Waals surface area contributed by atoms with Crippen molar-refractivity contribution >= 4 is 16.9 Å². The summed E-state index contributed by atoms with van der Waals surface area (Å²) >= 11 is 0. The molecule has 0 amide bonds. The van der Waals surface area contributed by atoms with Crippen molar-refractivity contribution in [3.8, 4) is 16.9 Å². The number of hydrogen-bond donors (Lipinski definition) is 1. The first-order valence-corrected chi connectivity index (χ1v) is 14.0. The Balaban J connectivity index is 1.18. The van der Waals surface area contributed by atoms with Crippen LogP contribution < -0.4 is 10.1 Å². The zero-order valence-electron chi connectivity index (χ0n) is 22.0. The van der Waals surface area contributed by atoms with Crippen LogP contribution in [0.5, 0.6) is 5.75 Å². The molecule has 1 radical (unpaired) electrons. The summed E-state index contributed by atoms with van der Waals surface area (Å²) in [7, 11) is 0. The summed E-state index contributed by atoms with van der Waals surface area (Å²) in [5, 5.41) is 4.74. The monoisotopic (exact) mass is 499 g/mol. The minimum absolute atomic E-state index is 0.0293. The quantitative estimate of drug-likeness (QED) is 0.221. The lowest BCUT2D eigenvalue weighted by atomic mass is 9.97. The third-order valence-corrected chi connectivity index (χ3v) is 7.90. The number of esters is 1. The van der Waals surface area contributed by atoms with E-state index in [-0.39, 0.29) is 12.1 Å². The lowest BCUT2D eigenvalue weighted by Gasteiger charge is -2.38. The van der Waals surface area contributed by atoms with Gasteiger partial charge in [-0.2, -0.15) is 0 Å². The maximum atomic E-state index is 12.6. The summed E-state index contributed by atoms with van der Waals surface area (Å²) in [6, 6.07) is 17.0. The van der Waals surface area contributed by atoms with Crippen molar-refractivity contribution in [3.63, 3.8) is 0 Å². The summed E-state index contributed by atoms with van der Waals surface area (Å²) in [5.41, 5.74) is 3.99. The van der Waals surface area contributed by atoms with Gasteiger partial charge in [0.1, 0.15) is 11.9 Å². The number of carbonyl (C=O) groups excluding carboxylic acids is 1. The Morgan fingerprint density at radius 2 is 1.89 bits per heavy atom. The van der Waals surface area contributed by atoms with Crippen LogP contribution >= 0.6 is 0 Å². The fourth-order valence-corrected chi connectivity index (χ4v) is 6.00. The van der Waals surface area contributed by atoms with Gasteiger partial charge in [0.15, 0.2) is 5.72 Å². The molecule has 2 fully saturated rings. The highest BCUT2D eigenvalue weighted by Crippen LogP contribution is 2.39. The minimum Gasteiger partial charge on any atom is -0.490 e. The van der Waals surface area contributed by atoms with Gasteiger partial charge < -0.3 is 9.47 Å². The number of nitrogens with zero attached hydrogens (tertiary/aromatic N) is 1. The van der Waals surface area contributed by atoms with Crippen LogP contribution in [0.4, 0.5) is 0 Å². The van der Waals surface area contributed by atoms with E-state index in [1.165, 1.54) is 30.4 Å². The second-order valence-corrected chi connectivity index (χ2v) is 10.7. The Hall–Kier alpha value is -2.92. The number of pyridine rings is 1. The molecule has 0 aliphatic carbocycles. The molecule has 1 aromatic heterocycles. The average Bonchev–Trinajstić information content (AvgIpc) is 3.20. The molecule has 0 spiro atoms. The Morgan fingerprint density at radius 3 is 2.73 bits per heavy atom. The number of benzene rings is 2. The lowest BCUT2D eigenvalue weighted by Crippen LogP contribution is -2.54. The molecular weight excluding hydrogens is 460 g/mol. The molecule has 37 heavy (non-hydrogen) atoms. The first-order chi connectivity index (χ1) is 18.0. The van der Waals surface area contributed by atoms with Crippen LogP contribution in [0.25, 0.3) is 22.0 Å². The first-order valence-electron chi connectivity index (χ1n) is 14.0. The fraction of sp³-hybridized carbons (Fsp3) is 0.469. The number of fused-ring (bicyclic) bond motifs is 3. The van der Waals surface area contributed by atoms with E-state index in [0.29, 0.717) is 18.9 Å². The molecule has 2 saturated heterocycles. The molecule has 5 nitrogen and oxygen atoms in total. The molecule has 195 valence electrons. The first kappa shape index (κ1) is 25.7. The third kappa shape index (κ3) is 6.15. The van der Waals surface area contributed by atoms with Gasteiger partial charge in [0.2, 0.25) is 0 Å². The maximum absolute atomic E-state index is 12.6. The van der Waals surface area contributed by atoms with Gasteiger partial charge in [0.25, 0.3) is 0 Å². The number of carbonyl (C=O) groups is 1. The number of ether oxygens (including phenoxy) is 2. The number of aryl methyl sites for hydroxylation is 1. The molecule has 2 aromatic carbocycles. The molecule has 5 rings (SSSR count). The van der Waals surface area contributed by atoms with E-state index in [1.54, 1.807) is 0 Å². The predicted octanol–water partition coefficient (Wildman–Crippen LogP) is 7.31. The second kappa shape index (κ2) is 11.6. The van der Waals surface area contributed by atoms with Gasteiger partial charge in [0.05, 0.1) is 5.52 Å². The van der Waals surface area contributed by atoms with Crippen LogP contribution in [-0.2, 0) is 9.53 Å². The predicted molar refractivity (Wildman–Crippen MR) is 148 cm³/mol. The lowest BCUT2D eigenvalue weighted by molar-refractivity contribution is -0.168. The van der Waals surface area contributed by atoms with Gasteiger partial charge >= 0.3 is 5.97 Å². The smallest absolute Gasteiger partial charge is 0.307 e. The topological polar surface area (TPSA) is 60.5 Å². The van der Waals surface area contributed by atoms with Gasteiger partial charge in [0, 0.05) is 36.9 Å². The van der Waals surface area contributed by atoms with Crippen LogP contribution in [0.3, 0.4) is 0 Å². The van der Waals surface area contributed by atoms with Crippen LogP contribution in [-0.4, -0.2) is 28.8 Å². The fourth-order valence-electron chi connectivity index (χ4n) is 6.00. The highest BCUT2D eigenvalue weighted by molar-refractivity contribution is 5.88. The number of aromatic nitrogens is 1. The molecular formula is C32H39N2O3. The second-order valence-electron chi connectivity index (χ2n) is 10.7. The normalized spacial score (nSPS) is 22.8. The number of nitrogens with one attached hydrogen (secondary N) is 1. The van der Waals surface area contributed by atoms with Gasteiger partial charge in [-0.1, -0.05) is 69.4 Å². The molecule has 3 atom stereocenters. The Bertz CT molecular complexity index is 1210. The molecule has 1 N–H and O–H groups in total. The van der Waals surface area contributed by atoms with Crippen molar-refractivity contribution in [3.05, 3.63) is 67.2 Å². The zero-order chi connectivity index (χ0) is 25.7. The van der Waals surface area contributed by atoms with E-state index in [1.807, 2.05) is 12.3 Å². The molecule has 5 heteroatoms. The van der Waals surface area contributed by atoms with Crippen molar-refractivity contribution in [2.24, 2.45) is 0 Å². The van der Waals surface area contributed by atoms with E-state index in [4.69, 9.17) is 9.47 Å². The van der Waals surface area contributed by atoms with Gasteiger partial charge in [-0.25, -0.2) is 0 Å². The van der Waals surface area contributed by atoms with Crippen LogP contribution in [0.15, 0.2) is 54.7 Å². The Morgan fingerprint density at radius 1 is 1.08 bits per heavy atom. The number of rotatable bonds is 11. The summed E-state index contributed by atoms with van der Waals surface area (Å²) in [5.74, 6) is 0.769. The van der Waals surface area contributed by atoms with E-state index >= 15 is 0 Å². The SMILES string of the molecule is [CH2]CCCCCCCC(=O)OC12CCC(CC(Oc3ccc(-c4ccc5cccnc5c4C)cc3)C1)N2. The molecule has 2 aliphatic rings. The van der Waals surface area contributed by atoms with E-state index < -0.39 is 5.72 Å². The summed E-state index contributed by atoms with van der Waals surface area (Å²) in [6.07, 6.45) is 12.4. The van der Waals surface area contributed by atoms with Crippen molar-refractivity contribution in [1.29, 1.82) is 0 Å². The molecule has 2 bridgehead atoms. The number of hydrogen-bond acceptors (Lipinski definition) is 5. The summed E-state index contributed by atoms with van der Waals surface area (Å²) in [6.45, 7) is 6.01. The molecule has 0 saturated carbocycles.